The van der Waals surface area contributed by atoms with E-state index in [9.17, 15) is 4.79 Å². The Bertz CT molecular complexity index is 370. The number of carbonyl (C=O) groups is 1. The van der Waals surface area contributed by atoms with Crippen LogP contribution in [0.4, 0.5) is 5.69 Å². The molecule has 0 saturated carbocycles. The van der Waals surface area contributed by atoms with Gasteiger partial charge in [0.15, 0.2) is 0 Å². The average molecular weight is 259 g/mol. The first-order valence-electron chi connectivity index (χ1n) is 5.40. The second-order valence-electron chi connectivity index (χ2n) is 3.52. The van der Waals surface area contributed by atoms with Crippen LogP contribution < -0.4 is 15.8 Å². The molecule has 0 unspecified atom stereocenters. The first kappa shape index (κ1) is 15.7. The van der Waals surface area contributed by atoms with Crippen molar-refractivity contribution in [3.05, 3.63) is 23.8 Å². The number of hydrogen-bond acceptors (Lipinski definition) is 3. The van der Waals surface area contributed by atoms with Crippen LogP contribution in [0.2, 0.25) is 0 Å². The third-order valence-electron chi connectivity index (χ3n) is 2.08. The Kier molecular flexibility index (Phi) is 7.34. The minimum absolute atomic E-state index is 0. The fraction of sp³-hybridized carbons (Fsp3) is 0.417. The van der Waals surface area contributed by atoms with Crippen molar-refractivity contribution in [3.8, 4) is 5.75 Å². The van der Waals surface area contributed by atoms with Crippen LogP contribution in [0, 0.1) is 6.92 Å². The Balaban J connectivity index is 0.00000256. The molecule has 1 amide bonds. The highest BCUT2D eigenvalue weighted by atomic mass is 35.5. The lowest BCUT2D eigenvalue weighted by Crippen LogP contribution is -2.16. The van der Waals surface area contributed by atoms with Crippen LogP contribution in [0.1, 0.15) is 18.9 Å². The molecule has 5 heteroatoms. The van der Waals surface area contributed by atoms with Crippen LogP contribution in [0.15, 0.2) is 18.2 Å². The number of nitrogens with two attached hydrogens (primary N) is 1. The Morgan fingerprint density at radius 1 is 1.47 bits per heavy atom. The summed E-state index contributed by atoms with van der Waals surface area (Å²) in [5.74, 6) is 0.611. The van der Waals surface area contributed by atoms with E-state index in [1.165, 1.54) is 0 Å². The van der Waals surface area contributed by atoms with Gasteiger partial charge in [-0.25, -0.2) is 0 Å². The van der Waals surface area contributed by atoms with Crippen LogP contribution in [0.25, 0.3) is 0 Å². The zero-order valence-corrected chi connectivity index (χ0v) is 11.0. The van der Waals surface area contributed by atoms with Crippen LogP contribution in [-0.4, -0.2) is 19.1 Å². The monoisotopic (exact) mass is 258 g/mol. The number of nitrogens with one attached hydrogen (secondary N) is 1. The zero-order valence-electron chi connectivity index (χ0n) is 10.2. The first-order valence-corrected chi connectivity index (χ1v) is 5.40. The van der Waals surface area contributed by atoms with Crippen LogP contribution in [-0.2, 0) is 4.79 Å². The van der Waals surface area contributed by atoms with Gasteiger partial charge in [0.05, 0.1) is 12.3 Å². The van der Waals surface area contributed by atoms with E-state index in [4.69, 9.17) is 10.5 Å². The number of aryl methyl sites for hydroxylation is 1. The van der Waals surface area contributed by atoms with Gasteiger partial charge in [0.1, 0.15) is 5.75 Å². The molecule has 0 atom stereocenters. The highest BCUT2D eigenvalue weighted by Crippen LogP contribution is 2.25. The molecule has 4 nitrogen and oxygen atoms in total. The van der Waals surface area contributed by atoms with Crippen molar-refractivity contribution in [2.45, 2.75) is 20.3 Å². The summed E-state index contributed by atoms with van der Waals surface area (Å²) in [5, 5.41) is 2.78. The minimum Gasteiger partial charge on any atom is -0.492 e. The molecule has 1 aromatic carbocycles. The van der Waals surface area contributed by atoms with E-state index >= 15 is 0 Å². The molecule has 0 bridgehead atoms. The maximum Gasteiger partial charge on any atom is 0.225 e. The fourth-order valence-electron chi connectivity index (χ4n) is 1.35. The number of halogens is 1. The molecular weight excluding hydrogens is 240 g/mol. The predicted octanol–water partition coefficient (Wildman–Crippen LogP) is 2.10. The van der Waals surface area contributed by atoms with Gasteiger partial charge in [-0.05, 0) is 31.5 Å². The summed E-state index contributed by atoms with van der Waals surface area (Å²) in [7, 11) is 0. The predicted molar refractivity (Wildman–Crippen MR) is 71.9 cm³/mol. The van der Waals surface area contributed by atoms with Gasteiger partial charge in [-0.3, -0.25) is 4.79 Å². The van der Waals surface area contributed by atoms with Crippen molar-refractivity contribution in [1.29, 1.82) is 0 Å². The smallest absolute Gasteiger partial charge is 0.225 e. The first-order chi connectivity index (χ1) is 7.67. The second-order valence-corrected chi connectivity index (χ2v) is 3.52. The van der Waals surface area contributed by atoms with Crippen molar-refractivity contribution >= 4 is 24.0 Å². The summed E-state index contributed by atoms with van der Waals surface area (Å²) in [6, 6.07) is 5.68. The molecule has 1 rings (SSSR count). The average Bonchev–Trinajstić information content (AvgIpc) is 2.23. The summed E-state index contributed by atoms with van der Waals surface area (Å²) < 4.78 is 5.45. The van der Waals surface area contributed by atoms with E-state index in [-0.39, 0.29) is 18.3 Å². The van der Waals surface area contributed by atoms with Crippen molar-refractivity contribution < 1.29 is 9.53 Å². The van der Waals surface area contributed by atoms with Gasteiger partial charge in [-0.1, -0.05) is 6.07 Å². The van der Waals surface area contributed by atoms with Crippen LogP contribution in [0.5, 0.6) is 5.75 Å². The van der Waals surface area contributed by atoms with Gasteiger partial charge >= 0.3 is 0 Å². The lowest BCUT2D eigenvalue weighted by Gasteiger charge is -2.11. The normalized spacial score (nSPS) is 9.35. The molecule has 0 fully saturated rings. The SMILES string of the molecule is CCOc1cc(C)ccc1NC(=O)CCN.Cl. The summed E-state index contributed by atoms with van der Waals surface area (Å²) in [6.07, 6.45) is 0.319. The standard InChI is InChI=1S/C12H18N2O2.ClH/c1-3-16-11-8-9(2)4-5-10(11)14-12(15)6-7-13;/h4-5,8H,3,6-7,13H2,1-2H3,(H,14,15);1H. The van der Waals surface area contributed by atoms with Crippen LogP contribution >= 0.6 is 12.4 Å². The van der Waals surface area contributed by atoms with E-state index in [0.29, 0.717) is 31.0 Å². The maximum atomic E-state index is 11.4. The van der Waals surface area contributed by atoms with Crippen molar-refractivity contribution in [2.75, 3.05) is 18.5 Å². The third-order valence-corrected chi connectivity index (χ3v) is 2.08. The summed E-state index contributed by atoms with van der Waals surface area (Å²) in [4.78, 5) is 11.4. The lowest BCUT2D eigenvalue weighted by molar-refractivity contribution is -0.116. The van der Waals surface area contributed by atoms with Gasteiger partial charge < -0.3 is 15.8 Å². The Labute approximate surface area is 108 Å². The molecule has 0 radical (unpaired) electrons. The Hall–Kier alpha value is -1.26. The molecule has 0 aromatic heterocycles. The number of anilines is 1. The molecule has 0 saturated heterocycles. The Morgan fingerprint density at radius 2 is 2.18 bits per heavy atom. The van der Waals surface area contributed by atoms with E-state index in [2.05, 4.69) is 5.32 Å². The number of carbonyl (C=O) groups excluding carboxylic acids is 1. The molecule has 0 aliphatic heterocycles. The van der Waals surface area contributed by atoms with Gasteiger partial charge in [0.2, 0.25) is 5.91 Å². The fourth-order valence-corrected chi connectivity index (χ4v) is 1.35. The summed E-state index contributed by atoms with van der Waals surface area (Å²) in [6.45, 7) is 4.81. The van der Waals surface area contributed by atoms with Crippen molar-refractivity contribution in [3.63, 3.8) is 0 Å². The van der Waals surface area contributed by atoms with E-state index < -0.39 is 0 Å². The largest absolute Gasteiger partial charge is 0.492 e. The number of hydrogen-bond donors (Lipinski definition) is 2. The Morgan fingerprint density at radius 3 is 2.76 bits per heavy atom. The molecule has 96 valence electrons. The van der Waals surface area contributed by atoms with Crippen LogP contribution in [0.3, 0.4) is 0 Å². The van der Waals surface area contributed by atoms with Gasteiger partial charge in [-0.15, -0.1) is 12.4 Å². The zero-order chi connectivity index (χ0) is 12.0. The molecule has 0 aliphatic carbocycles. The molecule has 3 N–H and O–H groups in total. The molecule has 0 heterocycles. The number of ether oxygens (including phenoxy) is 1. The van der Waals surface area contributed by atoms with E-state index in [1.54, 1.807) is 0 Å². The summed E-state index contributed by atoms with van der Waals surface area (Å²) >= 11 is 0. The van der Waals surface area contributed by atoms with Gasteiger partial charge in [0.25, 0.3) is 0 Å². The molecule has 1 aromatic rings. The topological polar surface area (TPSA) is 64.3 Å². The number of rotatable bonds is 5. The van der Waals surface area contributed by atoms with E-state index in [0.717, 1.165) is 5.56 Å². The highest BCUT2D eigenvalue weighted by molar-refractivity contribution is 5.92. The molecular formula is C12H19ClN2O2. The highest BCUT2D eigenvalue weighted by Gasteiger charge is 2.07. The number of benzene rings is 1. The minimum atomic E-state index is -0.0905. The van der Waals surface area contributed by atoms with Gasteiger partial charge in [0, 0.05) is 13.0 Å². The van der Waals surface area contributed by atoms with Crippen molar-refractivity contribution in [1.82, 2.24) is 0 Å². The van der Waals surface area contributed by atoms with Gasteiger partial charge in [-0.2, -0.15) is 0 Å². The summed E-state index contributed by atoms with van der Waals surface area (Å²) in [5.41, 5.74) is 7.11. The number of amides is 1. The molecule has 17 heavy (non-hydrogen) atoms. The lowest BCUT2D eigenvalue weighted by atomic mass is 10.2. The molecule has 0 aliphatic rings. The maximum absolute atomic E-state index is 11.4. The third kappa shape index (κ3) is 5.06. The second kappa shape index (κ2) is 7.92. The molecule has 0 spiro atoms. The van der Waals surface area contributed by atoms with Crippen molar-refractivity contribution in [2.24, 2.45) is 5.73 Å². The quantitative estimate of drug-likeness (QED) is 0.850. The van der Waals surface area contributed by atoms with E-state index in [1.807, 2.05) is 32.0 Å².